The first-order valence-corrected chi connectivity index (χ1v) is 28.2. The van der Waals surface area contributed by atoms with Crippen LogP contribution in [0.2, 0.25) is 0 Å². The van der Waals surface area contributed by atoms with Gasteiger partial charge in [-0.3, -0.25) is 0 Å². The first-order chi connectivity index (χ1) is 33.4. The van der Waals surface area contributed by atoms with Crippen molar-refractivity contribution in [2.75, 3.05) is 33.0 Å². The first kappa shape index (κ1) is 60.2. The van der Waals surface area contributed by atoms with Crippen molar-refractivity contribution in [3.8, 4) is 29.1 Å². The minimum atomic E-state index is -0.328. The van der Waals surface area contributed by atoms with E-state index in [1.54, 1.807) is 6.92 Å². The highest BCUT2D eigenvalue weighted by Gasteiger charge is 2.17. The molecule has 0 aliphatic carbocycles. The summed E-state index contributed by atoms with van der Waals surface area (Å²) in [6.07, 6.45) is 43.9. The van der Waals surface area contributed by atoms with Crippen LogP contribution in [0.1, 0.15) is 257 Å². The maximum absolute atomic E-state index is 11.6. The molecule has 0 unspecified atom stereocenters. The zero-order valence-corrected chi connectivity index (χ0v) is 44.2. The molecule has 2 aromatic carbocycles. The highest BCUT2D eigenvalue weighted by molar-refractivity contribution is 5.90. The van der Waals surface area contributed by atoms with E-state index in [1.165, 1.54) is 154 Å². The lowest BCUT2D eigenvalue weighted by Crippen LogP contribution is -2.07. The maximum Gasteiger partial charge on any atom is 0.333 e. The normalized spacial score (nSPS) is 11.4. The van der Waals surface area contributed by atoms with Crippen molar-refractivity contribution < 1.29 is 28.5 Å². The number of rotatable bonds is 47. The number of carbonyl (C=O) groups is 1. The number of allylic oxidation sites excluding steroid dienone is 1. The van der Waals surface area contributed by atoms with Crippen molar-refractivity contribution in [3.63, 3.8) is 0 Å². The lowest BCUT2D eigenvalue weighted by Gasteiger charge is -2.18. The molecule has 0 N–H and O–H groups in total. The number of nitrogens with zero attached hydrogens (tertiary/aromatic N) is 1. The third-order valence-electron chi connectivity index (χ3n) is 12.8. The van der Waals surface area contributed by atoms with Gasteiger partial charge in [0.2, 0.25) is 5.75 Å². The number of nitriles is 1. The van der Waals surface area contributed by atoms with E-state index in [4.69, 9.17) is 23.7 Å². The SMILES string of the molecule is C=C(C)C(=O)OCCCCCCOc1ccc(/C(C#N)=C/c2cc(OCCCCCCCCCCCC)c(OCCCCCCCCCCCC)c(OCCCCCCCCCCCC)c2)cc1. The summed E-state index contributed by atoms with van der Waals surface area (Å²) in [5.74, 6) is 2.55. The zero-order valence-electron chi connectivity index (χ0n) is 44.2. The molecule has 7 nitrogen and oxygen atoms in total. The molecule has 0 atom stereocenters. The molecule has 0 spiro atoms. The van der Waals surface area contributed by atoms with E-state index in [9.17, 15) is 10.1 Å². The average Bonchev–Trinajstić information content (AvgIpc) is 3.34. The third-order valence-corrected chi connectivity index (χ3v) is 12.8. The van der Waals surface area contributed by atoms with Gasteiger partial charge in [0.15, 0.2) is 11.5 Å². The van der Waals surface area contributed by atoms with Crippen LogP contribution in [0.3, 0.4) is 0 Å². The van der Waals surface area contributed by atoms with Gasteiger partial charge in [-0.1, -0.05) is 201 Å². The fourth-order valence-corrected chi connectivity index (χ4v) is 8.46. The summed E-state index contributed by atoms with van der Waals surface area (Å²) in [7, 11) is 0. The second-order valence-electron chi connectivity index (χ2n) is 19.3. The summed E-state index contributed by atoms with van der Waals surface area (Å²) in [4.78, 5) is 11.6. The van der Waals surface area contributed by atoms with Gasteiger partial charge >= 0.3 is 5.97 Å². The summed E-state index contributed by atoms with van der Waals surface area (Å²) in [6, 6.07) is 14.3. The van der Waals surface area contributed by atoms with Crippen LogP contribution >= 0.6 is 0 Å². The maximum atomic E-state index is 11.6. The Morgan fingerprint density at radius 2 is 0.824 bits per heavy atom. The summed E-state index contributed by atoms with van der Waals surface area (Å²) in [6.45, 7) is 15.0. The van der Waals surface area contributed by atoms with Crippen LogP contribution < -0.4 is 18.9 Å². The van der Waals surface area contributed by atoms with Crippen molar-refractivity contribution in [3.05, 3.63) is 59.7 Å². The van der Waals surface area contributed by atoms with E-state index in [-0.39, 0.29) is 5.97 Å². The molecular weight excluding hydrogens is 843 g/mol. The molecule has 2 rings (SSSR count). The average molecular weight is 942 g/mol. The number of esters is 1. The lowest BCUT2D eigenvalue weighted by atomic mass is 10.0. The Hall–Kier alpha value is -3.92. The Labute approximate surface area is 417 Å². The quantitative estimate of drug-likeness (QED) is 0.0215. The molecule has 0 heterocycles. The highest BCUT2D eigenvalue weighted by atomic mass is 16.5. The Morgan fingerprint density at radius 3 is 1.19 bits per heavy atom. The summed E-state index contributed by atoms with van der Waals surface area (Å²) in [5.41, 5.74) is 2.67. The Bertz CT molecular complexity index is 1560. The standard InChI is InChI=1S/C61H99NO6/c1-6-9-12-15-18-21-24-27-30-36-45-65-58-50-54(49-56(52-62)55-40-42-57(43-41-55)64-44-35-33-34-39-48-68-61(63)53(4)5)51-59(66-46-37-31-28-25-22-19-16-13-10-7-2)60(58)67-47-38-32-29-26-23-20-17-14-11-8-3/h40-43,49-51H,4,6-39,44-48H2,1-3,5H3/b56-49+. The van der Waals surface area contributed by atoms with Gasteiger partial charge < -0.3 is 23.7 Å². The van der Waals surface area contributed by atoms with Crippen LogP contribution in [0.15, 0.2) is 48.6 Å². The van der Waals surface area contributed by atoms with Crippen LogP contribution in [-0.4, -0.2) is 39.0 Å². The van der Waals surface area contributed by atoms with Gasteiger partial charge in [-0.25, -0.2) is 4.79 Å². The van der Waals surface area contributed by atoms with E-state index < -0.39 is 0 Å². The number of benzene rings is 2. The van der Waals surface area contributed by atoms with Crippen molar-refractivity contribution in [2.45, 2.75) is 246 Å². The monoisotopic (exact) mass is 942 g/mol. The van der Waals surface area contributed by atoms with Crippen LogP contribution in [0.5, 0.6) is 23.0 Å². The minimum absolute atomic E-state index is 0.328. The van der Waals surface area contributed by atoms with E-state index in [1.807, 2.05) is 42.5 Å². The van der Waals surface area contributed by atoms with E-state index in [2.05, 4.69) is 33.4 Å². The lowest BCUT2D eigenvalue weighted by molar-refractivity contribution is -0.139. The van der Waals surface area contributed by atoms with Gasteiger partial charge in [0.25, 0.3) is 0 Å². The second-order valence-corrected chi connectivity index (χ2v) is 19.3. The van der Waals surface area contributed by atoms with Crippen LogP contribution in [0, 0.1) is 11.3 Å². The second kappa shape index (κ2) is 43.1. The van der Waals surface area contributed by atoms with Crippen LogP contribution in [-0.2, 0) is 9.53 Å². The molecule has 0 amide bonds. The molecule has 0 aromatic heterocycles. The van der Waals surface area contributed by atoms with Crippen molar-refractivity contribution in [1.82, 2.24) is 0 Å². The topological polar surface area (TPSA) is 87.0 Å². The van der Waals surface area contributed by atoms with Crippen LogP contribution in [0.4, 0.5) is 0 Å². The molecule has 0 fully saturated rings. The van der Waals surface area contributed by atoms with Gasteiger partial charge in [0.05, 0.1) is 44.7 Å². The van der Waals surface area contributed by atoms with Gasteiger partial charge in [-0.15, -0.1) is 0 Å². The molecule has 0 saturated heterocycles. The Kier molecular flexibility index (Phi) is 38.2. The molecule has 384 valence electrons. The van der Waals surface area contributed by atoms with E-state index >= 15 is 0 Å². The number of hydrogen-bond acceptors (Lipinski definition) is 7. The minimum Gasteiger partial charge on any atom is -0.494 e. The third kappa shape index (κ3) is 31.3. The highest BCUT2D eigenvalue weighted by Crippen LogP contribution is 2.41. The van der Waals surface area contributed by atoms with E-state index in [0.29, 0.717) is 61.4 Å². The summed E-state index contributed by atoms with van der Waals surface area (Å²) >= 11 is 0. The fraction of sp³-hybridized carbons (Fsp3) is 0.705. The molecule has 0 bridgehead atoms. The van der Waals surface area contributed by atoms with Gasteiger partial charge in [-0.05, 0) is 105 Å². The van der Waals surface area contributed by atoms with E-state index in [0.717, 1.165) is 81.1 Å². The predicted octanol–water partition coefficient (Wildman–Crippen LogP) is 18.7. The first-order valence-electron chi connectivity index (χ1n) is 28.2. The van der Waals surface area contributed by atoms with Crippen LogP contribution in [0.25, 0.3) is 11.6 Å². The molecule has 2 aromatic rings. The molecule has 68 heavy (non-hydrogen) atoms. The molecule has 0 aliphatic heterocycles. The number of carbonyl (C=O) groups excluding carboxylic acids is 1. The summed E-state index contributed by atoms with van der Waals surface area (Å²) in [5, 5.41) is 10.5. The van der Waals surface area contributed by atoms with Crippen molar-refractivity contribution in [1.29, 1.82) is 5.26 Å². The molecule has 0 saturated carbocycles. The fourth-order valence-electron chi connectivity index (χ4n) is 8.46. The van der Waals surface area contributed by atoms with Gasteiger partial charge in [0, 0.05) is 5.57 Å². The largest absolute Gasteiger partial charge is 0.494 e. The molecule has 7 heteroatoms. The number of ether oxygens (including phenoxy) is 5. The van der Waals surface area contributed by atoms with Crippen molar-refractivity contribution >= 4 is 17.6 Å². The zero-order chi connectivity index (χ0) is 49.0. The molecule has 0 aliphatic rings. The summed E-state index contributed by atoms with van der Waals surface area (Å²) < 4.78 is 31.1. The molecular formula is C61H99NO6. The van der Waals surface area contributed by atoms with Gasteiger partial charge in [-0.2, -0.15) is 5.26 Å². The van der Waals surface area contributed by atoms with Gasteiger partial charge in [0.1, 0.15) is 5.75 Å². The molecule has 0 radical (unpaired) electrons. The van der Waals surface area contributed by atoms with Crippen molar-refractivity contribution in [2.24, 2.45) is 0 Å². The Morgan fingerprint density at radius 1 is 0.485 bits per heavy atom. The number of hydrogen-bond donors (Lipinski definition) is 0. The smallest absolute Gasteiger partial charge is 0.333 e. The predicted molar refractivity (Wildman–Crippen MR) is 288 cm³/mol. The Balaban J connectivity index is 2.17. The number of unbranched alkanes of at least 4 members (excludes halogenated alkanes) is 30.